The number of azo groups is 1. The number of nitrogens with zero attached hydrogens (tertiary/aromatic N) is 3. The van der Waals surface area contributed by atoms with Crippen LogP contribution in [0.2, 0.25) is 0 Å². The van der Waals surface area contributed by atoms with Gasteiger partial charge in [0.25, 0.3) is 0 Å². The van der Waals surface area contributed by atoms with Crippen LogP contribution in [-0.2, 0) is 4.79 Å². The molecule has 1 saturated heterocycles. The van der Waals surface area contributed by atoms with Crippen molar-refractivity contribution in [3.63, 3.8) is 0 Å². The molecule has 1 N–H and O–H groups in total. The first-order valence-corrected chi connectivity index (χ1v) is 9.88. The van der Waals surface area contributed by atoms with E-state index in [1.165, 1.54) is 24.6 Å². The average molecular weight is 385 g/mol. The molecule has 134 valence electrons. The molecule has 0 aromatic heterocycles. The van der Waals surface area contributed by atoms with Crippen LogP contribution in [0.15, 0.2) is 64.8 Å². The number of thiocarbonyl (C=S) groups is 1. The summed E-state index contributed by atoms with van der Waals surface area (Å²) >= 11 is 6.79. The second-order valence-electron chi connectivity index (χ2n) is 5.88. The summed E-state index contributed by atoms with van der Waals surface area (Å²) in [5, 5.41) is 11.2. The predicted octanol–water partition coefficient (Wildman–Crippen LogP) is 5.15. The minimum Gasteiger partial charge on any atom is -0.358 e. The topological polar surface area (TPSA) is 57.1 Å². The standard InChI is InChI=1S/C19H20N4OS2/c24-18(14-26-19(25)23-12-4-5-13-23)20-15-8-10-17(11-9-15)22-21-16-6-2-1-3-7-16/h1-3,6-11H,4-5,12-14H2,(H,20,24). The molecule has 7 heteroatoms. The maximum absolute atomic E-state index is 12.1. The Morgan fingerprint density at radius 3 is 2.27 bits per heavy atom. The van der Waals surface area contributed by atoms with Crippen molar-refractivity contribution in [2.75, 3.05) is 24.2 Å². The van der Waals surface area contributed by atoms with Crippen molar-refractivity contribution in [2.45, 2.75) is 12.8 Å². The number of hydrogen-bond acceptors (Lipinski definition) is 5. The number of anilines is 1. The zero-order valence-electron chi connectivity index (χ0n) is 14.3. The van der Waals surface area contributed by atoms with Gasteiger partial charge >= 0.3 is 0 Å². The molecule has 1 heterocycles. The molecule has 0 bridgehead atoms. The summed E-state index contributed by atoms with van der Waals surface area (Å²) < 4.78 is 0.814. The van der Waals surface area contributed by atoms with Crippen LogP contribution in [-0.4, -0.2) is 34.0 Å². The van der Waals surface area contributed by atoms with Crippen LogP contribution in [0.4, 0.5) is 17.1 Å². The van der Waals surface area contributed by atoms with Gasteiger partial charge in [-0.3, -0.25) is 4.79 Å². The van der Waals surface area contributed by atoms with Crippen molar-refractivity contribution >= 4 is 51.3 Å². The highest BCUT2D eigenvalue weighted by Crippen LogP contribution is 2.21. The minimum atomic E-state index is -0.0600. The molecular formula is C19H20N4OS2. The van der Waals surface area contributed by atoms with Gasteiger partial charge in [0.05, 0.1) is 17.1 Å². The van der Waals surface area contributed by atoms with Crippen LogP contribution in [0, 0.1) is 0 Å². The van der Waals surface area contributed by atoms with Gasteiger partial charge in [-0.1, -0.05) is 42.2 Å². The van der Waals surface area contributed by atoms with Crippen molar-refractivity contribution < 1.29 is 4.79 Å². The van der Waals surface area contributed by atoms with Gasteiger partial charge in [0.1, 0.15) is 4.32 Å². The van der Waals surface area contributed by atoms with Crippen LogP contribution < -0.4 is 5.32 Å². The lowest BCUT2D eigenvalue weighted by atomic mass is 10.3. The largest absolute Gasteiger partial charge is 0.358 e. The number of likely N-dealkylation sites (tertiary alicyclic amines) is 1. The second-order valence-corrected chi connectivity index (χ2v) is 7.49. The number of nitrogens with one attached hydrogen (secondary N) is 1. The Kier molecular flexibility index (Phi) is 6.74. The van der Waals surface area contributed by atoms with Gasteiger partial charge in [-0.25, -0.2) is 0 Å². The minimum absolute atomic E-state index is 0.0600. The molecule has 0 saturated carbocycles. The molecule has 26 heavy (non-hydrogen) atoms. The average Bonchev–Trinajstić information content (AvgIpc) is 3.21. The van der Waals surface area contributed by atoms with E-state index < -0.39 is 0 Å². The highest BCUT2D eigenvalue weighted by Gasteiger charge is 2.16. The summed E-state index contributed by atoms with van der Waals surface area (Å²) in [6.07, 6.45) is 2.36. The molecule has 2 aromatic rings. The molecule has 1 aliphatic rings. The molecule has 2 aromatic carbocycles. The van der Waals surface area contributed by atoms with Crippen LogP contribution in [0.5, 0.6) is 0 Å². The summed E-state index contributed by atoms with van der Waals surface area (Å²) in [4.78, 5) is 14.2. The number of carbonyl (C=O) groups excluding carboxylic acids is 1. The van der Waals surface area contributed by atoms with E-state index in [4.69, 9.17) is 12.2 Å². The number of carbonyl (C=O) groups is 1. The molecule has 0 radical (unpaired) electrons. The number of benzene rings is 2. The molecule has 1 aliphatic heterocycles. The number of rotatable bonds is 5. The maximum Gasteiger partial charge on any atom is 0.234 e. The molecule has 0 aliphatic carbocycles. The molecular weight excluding hydrogens is 364 g/mol. The van der Waals surface area contributed by atoms with Crippen molar-refractivity contribution in [3.05, 3.63) is 54.6 Å². The van der Waals surface area contributed by atoms with Gasteiger partial charge < -0.3 is 10.2 Å². The Labute approximate surface area is 162 Å². The van der Waals surface area contributed by atoms with Gasteiger partial charge in [0.2, 0.25) is 5.91 Å². The van der Waals surface area contributed by atoms with Gasteiger partial charge in [-0.2, -0.15) is 10.2 Å². The highest BCUT2D eigenvalue weighted by atomic mass is 32.2. The van der Waals surface area contributed by atoms with Gasteiger partial charge in [0, 0.05) is 18.8 Å². The Morgan fingerprint density at radius 1 is 1.00 bits per heavy atom. The summed E-state index contributed by atoms with van der Waals surface area (Å²) in [5.41, 5.74) is 2.27. The van der Waals surface area contributed by atoms with Crippen molar-refractivity contribution in [1.29, 1.82) is 0 Å². The van der Waals surface area contributed by atoms with E-state index in [-0.39, 0.29) is 5.91 Å². The highest BCUT2D eigenvalue weighted by molar-refractivity contribution is 8.23. The lowest BCUT2D eigenvalue weighted by molar-refractivity contribution is -0.113. The molecule has 3 rings (SSSR count). The number of thioether (sulfide) groups is 1. The smallest absolute Gasteiger partial charge is 0.234 e. The van der Waals surface area contributed by atoms with E-state index in [0.717, 1.165) is 34.5 Å². The Balaban J connectivity index is 1.46. The molecule has 1 amide bonds. The molecule has 0 spiro atoms. The monoisotopic (exact) mass is 384 g/mol. The third kappa shape index (κ3) is 5.64. The first-order valence-electron chi connectivity index (χ1n) is 8.49. The van der Waals surface area contributed by atoms with Crippen molar-refractivity contribution in [2.24, 2.45) is 10.2 Å². The van der Waals surface area contributed by atoms with Crippen LogP contribution in [0.1, 0.15) is 12.8 Å². The van der Waals surface area contributed by atoms with Crippen molar-refractivity contribution in [3.8, 4) is 0 Å². The summed E-state index contributed by atoms with van der Waals surface area (Å²) in [5.74, 6) is 0.264. The molecule has 0 atom stereocenters. The SMILES string of the molecule is O=C(CSC(=S)N1CCCC1)Nc1ccc(N=Nc2ccccc2)cc1. The van der Waals surface area contributed by atoms with Crippen molar-refractivity contribution in [1.82, 2.24) is 4.90 Å². The fourth-order valence-corrected chi connectivity index (χ4v) is 3.59. The normalized spacial score (nSPS) is 13.9. The van der Waals surface area contributed by atoms with Crippen LogP contribution >= 0.6 is 24.0 Å². The first kappa shape index (κ1) is 18.5. The maximum atomic E-state index is 12.1. The van der Waals surface area contributed by atoms with E-state index in [0.29, 0.717) is 5.75 Å². The zero-order valence-corrected chi connectivity index (χ0v) is 15.9. The zero-order chi connectivity index (χ0) is 18.2. The summed E-state index contributed by atoms with van der Waals surface area (Å²) in [7, 11) is 0. The fourth-order valence-electron chi connectivity index (χ4n) is 2.54. The van der Waals surface area contributed by atoms with Gasteiger partial charge in [0.15, 0.2) is 0 Å². The quantitative estimate of drug-likeness (QED) is 0.572. The lowest BCUT2D eigenvalue weighted by Crippen LogP contribution is -2.25. The molecule has 5 nitrogen and oxygen atoms in total. The van der Waals surface area contributed by atoms with Gasteiger partial charge in [-0.05, 0) is 49.2 Å². The van der Waals surface area contributed by atoms with E-state index in [1.807, 2.05) is 54.6 Å². The van der Waals surface area contributed by atoms with Gasteiger partial charge in [-0.15, -0.1) is 0 Å². The summed E-state index contributed by atoms with van der Waals surface area (Å²) in [6, 6.07) is 16.8. The van der Waals surface area contributed by atoms with E-state index in [1.54, 1.807) is 0 Å². The third-order valence-corrected chi connectivity index (χ3v) is 5.40. The second kappa shape index (κ2) is 9.45. The molecule has 0 unspecified atom stereocenters. The fraction of sp³-hybridized carbons (Fsp3) is 0.263. The lowest BCUT2D eigenvalue weighted by Gasteiger charge is -2.17. The Morgan fingerprint density at radius 2 is 1.62 bits per heavy atom. The Hall–Kier alpha value is -2.25. The number of hydrogen-bond donors (Lipinski definition) is 1. The van der Waals surface area contributed by atoms with Crippen LogP contribution in [0.25, 0.3) is 0 Å². The Bertz CT molecular complexity index is 772. The van der Waals surface area contributed by atoms with E-state index in [2.05, 4.69) is 20.4 Å². The molecule has 1 fully saturated rings. The summed E-state index contributed by atoms with van der Waals surface area (Å²) in [6.45, 7) is 2.01. The third-order valence-electron chi connectivity index (χ3n) is 3.88. The first-order chi connectivity index (χ1) is 12.7. The number of amides is 1. The van der Waals surface area contributed by atoms with Crippen LogP contribution in [0.3, 0.4) is 0 Å². The van der Waals surface area contributed by atoms with E-state index >= 15 is 0 Å². The predicted molar refractivity (Wildman–Crippen MR) is 112 cm³/mol. The van der Waals surface area contributed by atoms with E-state index in [9.17, 15) is 4.79 Å².